The lowest BCUT2D eigenvalue weighted by Gasteiger charge is -2.15. The number of fused-ring (bicyclic) bond motifs is 1. The van der Waals surface area contributed by atoms with E-state index in [4.69, 9.17) is 0 Å². The number of aromatic nitrogens is 1. The number of aromatic carboxylic acids is 1. The van der Waals surface area contributed by atoms with Crippen LogP contribution in [0.1, 0.15) is 39.4 Å². The van der Waals surface area contributed by atoms with Gasteiger partial charge in [-0.25, -0.2) is 4.79 Å². The molecule has 2 atom stereocenters. The summed E-state index contributed by atoms with van der Waals surface area (Å²) in [7, 11) is 0. The molecule has 5 rings (SSSR count). The molecule has 5 nitrogen and oxygen atoms in total. The van der Waals surface area contributed by atoms with Crippen molar-refractivity contribution in [2.24, 2.45) is 5.92 Å². The average molecular weight is 437 g/mol. The molecule has 1 aliphatic carbocycles. The molecule has 3 aromatic carbocycles. The van der Waals surface area contributed by atoms with Gasteiger partial charge in [-0.15, -0.1) is 0 Å². The van der Waals surface area contributed by atoms with Crippen LogP contribution in [0, 0.1) is 12.8 Å². The van der Waals surface area contributed by atoms with Crippen LogP contribution >= 0.6 is 0 Å². The van der Waals surface area contributed by atoms with E-state index in [2.05, 4.69) is 22.4 Å². The van der Waals surface area contributed by atoms with Crippen LogP contribution in [0.5, 0.6) is 0 Å². The highest BCUT2D eigenvalue weighted by atomic mass is 16.4. The molecule has 1 aliphatic rings. The number of hydrogen-bond donors (Lipinski definition) is 2. The first-order valence-corrected chi connectivity index (χ1v) is 11.1. The molecule has 0 aliphatic heterocycles. The van der Waals surface area contributed by atoms with Gasteiger partial charge in [0.15, 0.2) is 0 Å². The third-order valence-electron chi connectivity index (χ3n) is 6.57. The van der Waals surface area contributed by atoms with E-state index >= 15 is 0 Å². The van der Waals surface area contributed by atoms with Crippen LogP contribution < -0.4 is 5.32 Å². The quantitative estimate of drug-likeness (QED) is 0.428. The van der Waals surface area contributed by atoms with Gasteiger partial charge < -0.3 is 10.4 Å². The standard InChI is InChI=1S/C28H24N2O3/c1-17-20(8-5-9-21(17)28(32)33)22-11-10-19(26-16-29-13-12-23(22)26)15-30-27(31)25-14-24(25)18-6-3-2-4-7-18/h2-13,16,24-25H,14-15H2,1H3,(H,30,31)(H,32,33). The van der Waals surface area contributed by atoms with Crippen molar-refractivity contribution < 1.29 is 14.7 Å². The maximum Gasteiger partial charge on any atom is 0.335 e. The SMILES string of the molecule is Cc1c(C(=O)O)cccc1-c1ccc(CNC(=O)C2CC2c2ccccc2)c2cnccc12. The molecule has 2 unspecified atom stereocenters. The van der Waals surface area contributed by atoms with Crippen LogP contribution in [-0.2, 0) is 11.3 Å². The largest absolute Gasteiger partial charge is 0.478 e. The number of carboxylic acids is 1. The minimum absolute atomic E-state index is 0.0254. The van der Waals surface area contributed by atoms with Crippen molar-refractivity contribution in [1.29, 1.82) is 0 Å². The Balaban J connectivity index is 1.40. The Morgan fingerprint density at radius 3 is 2.58 bits per heavy atom. The number of carboxylic acid groups (broad SMARTS) is 1. The number of nitrogens with one attached hydrogen (secondary N) is 1. The number of rotatable bonds is 6. The van der Waals surface area contributed by atoms with Crippen molar-refractivity contribution >= 4 is 22.6 Å². The molecule has 5 heteroatoms. The van der Waals surface area contributed by atoms with Gasteiger partial charge in [0.25, 0.3) is 0 Å². The van der Waals surface area contributed by atoms with Crippen LogP contribution in [0.25, 0.3) is 21.9 Å². The highest BCUT2D eigenvalue weighted by molar-refractivity contribution is 6.01. The number of amides is 1. The molecule has 0 saturated heterocycles. The first-order valence-electron chi connectivity index (χ1n) is 11.1. The van der Waals surface area contributed by atoms with Gasteiger partial charge in [-0.1, -0.05) is 54.6 Å². The van der Waals surface area contributed by atoms with Crippen molar-refractivity contribution in [3.05, 3.63) is 101 Å². The lowest BCUT2D eigenvalue weighted by molar-refractivity contribution is -0.122. The molecule has 33 heavy (non-hydrogen) atoms. The Kier molecular flexibility index (Phi) is 5.38. The van der Waals surface area contributed by atoms with Gasteiger partial charge in [-0.3, -0.25) is 9.78 Å². The second-order valence-electron chi connectivity index (χ2n) is 8.55. The molecule has 0 spiro atoms. The maximum atomic E-state index is 12.8. The number of nitrogens with zero attached hydrogens (tertiary/aromatic N) is 1. The van der Waals surface area contributed by atoms with E-state index < -0.39 is 5.97 Å². The summed E-state index contributed by atoms with van der Waals surface area (Å²) in [6, 6.07) is 21.4. The number of carbonyl (C=O) groups excluding carboxylic acids is 1. The zero-order chi connectivity index (χ0) is 22.9. The first-order chi connectivity index (χ1) is 16.0. The number of hydrogen-bond acceptors (Lipinski definition) is 3. The summed E-state index contributed by atoms with van der Waals surface area (Å²) in [5, 5.41) is 14.5. The second-order valence-corrected chi connectivity index (χ2v) is 8.55. The van der Waals surface area contributed by atoms with Crippen LogP contribution in [0.3, 0.4) is 0 Å². The predicted octanol–water partition coefficient (Wildman–Crippen LogP) is 5.33. The Hall–Kier alpha value is -3.99. The molecule has 1 amide bonds. The minimum Gasteiger partial charge on any atom is -0.478 e. The van der Waals surface area contributed by atoms with E-state index in [0.29, 0.717) is 18.0 Å². The van der Waals surface area contributed by atoms with Crippen molar-refractivity contribution in [3.63, 3.8) is 0 Å². The molecule has 2 N–H and O–H groups in total. The molecule has 4 aromatic rings. The van der Waals surface area contributed by atoms with Crippen molar-refractivity contribution in [2.75, 3.05) is 0 Å². The van der Waals surface area contributed by atoms with E-state index in [9.17, 15) is 14.7 Å². The van der Waals surface area contributed by atoms with E-state index in [1.165, 1.54) is 5.56 Å². The summed E-state index contributed by atoms with van der Waals surface area (Å²) in [4.78, 5) is 28.6. The van der Waals surface area contributed by atoms with Crippen molar-refractivity contribution in [1.82, 2.24) is 10.3 Å². The van der Waals surface area contributed by atoms with Gasteiger partial charge in [0.1, 0.15) is 0 Å². The summed E-state index contributed by atoms with van der Waals surface area (Å²) in [5.41, 5.74) is 5.06. The average Bonchev–Trinajstić information content (AvgIpc) is 3.64. The zero-order valence-electron chi connectivity index (χ0n) is 18.3. The minimum atomic E-state index is -0.937. The summed E-state index contributed by atoms with van der Waals surface area (Å²) < 4.78 is 0. The third-order valence-corrected chi connectivity index (χ3v) is 6.57. The fraction of sp³-hybridized carbons (Fsp3) is 0.179. The second kappa shape index (κ2) is 8.51. The van der Waals surface area contributed by atoms with Crippen LogP contribution in [-0.4, -0.2) is 22.0 Å². The van der Waals surface area contributed by atoms with Crippen LogP contribution in [0.15, 0.2) is 79.1 Å². The smallest absolute Gasteiger partial charge is 0.335 e. The molecule has 1 saturated carbocycles. The van der Waals surface area contributed by atoms with Gasteiger partial charge in [-0.2, -0.15) is 0 Å². The van der Waals surface area contributed by atoms with Crippen LogP contribution in [0.4, 0.5) is 0 Å². The van der Waals surface area contributed by atoms with Crippen molar-refractivity contribution in [2.45, 2.75) is 25.8 Å². The highest BCUT2D eigenvalue weighted by Gasteiger charge is 2.43. The zero-order valence-corrected chi connectivity index (χ0v) is 18.3. The molecule has 0 radical (unpaired) electrons. The number of pyridine rings is 1. The monoisotopic (exact) mass is 436 g/mol. The number of carbonyl (C=O) groups is 2. The molecular weight excluding hydrogens is 412 g/mol. The molecule has 0 bridgehead atoms. The summed E-state index contributed by atoms with van der Waals surface area (Å²) >= 11 is 0. The summed E-state index contributed by atoms with van der Waals surface area (Å²) in [5.74, 6) is -0.530. The topological polar surface area (TPSA) is 79.3 Å². The van der Waals surface area contributed by atoms with E-state index in [-0.39, 0.29) is 11.8 Å². The van der Waals surface area contributed by atoms with E-state index in [0.717, 1.165) is 39.4 Å². The fourth-order valence-electron chi connectivity index (χ4n) is 4.66. The lowest BCUT2D eigenvalue weighted by atomic mass is 9.91. The van der Waals surface area contributed by atoms with Gasteiger partial charge in [-0.05, 0) is 64.6 Å². The van der Waals surface area contributed by atoms with Gasteiger partial charge >= 0.3 is 5.97 Å². The van der Waals surface area contributed by atoms with Crippen LogP contribution in [0.2, 0.25) is 0 Å². The normalized spacial score (nSPS) is 17.0. The number of benzene rings is 3. The molecule has 1 aromatic heterocycles. The highest BCUT2D eigenvalue weighted by Crippen LogP contribution is 2.47. The summed E-state index contributed by atoms with van der Waals surface area (Å²) in [6.45, 7) is 2.26. The lowest BCUT2D eigenvalue weighted by Crippen LogP contribution is -2.25. The Labute approximate surface area is 192 Å². The van der Waals surface area contributed by atoms with Gasteiger partial charge in [0.2, 0.25) is 5.91 Å². The Bertz CT molecular complexity index is 1360. The van der Waals surface area contributed by atoms with Crippen molar-refractivity contribution in [3.8, 4) is 11.1 Å². The third kappa shape index (κ3) is 3.98. The first kappa shape index (κ1) is 20.9. The Morgan fingerprint density at radius 2 is 1.79 bits per heavy atom. The predicted molar refractivity (Wildman–Crippen MR) is 128 cm³/mol. The molecule has 164 valence electrons. The molecule has 1 heterocycles. The molecular formula is C28H24N2O3. The fourth-order valence-corrected chi connectivity index (χ4v) is 4.66. The van der Waals surface area contributed by atoms with E-state index in [1.54, 1.807) is 24.5 Å². The molecule has 1 fully saturated rings. The maximum absolute atomic E-state index is 12.8. The van der Waals surface area contributed by atoms with Gasteiger partial charge in [0, 0.05) is 30.2 Å². The van der Waals surface area contributed by atoms with Gasteiger partial charge in [0.05, 0.1) is 5.56 Å². The summed E-state index contributed by atoms with van der Waals surface area (Å²) in [6.07, 6.45) is 4.43. The Morgan fingerprint density at radius 1 is 0.970 bits per heavy atom. The van der Waals surface area contributed by atoms with E-state index in [1.807, 2.05) is 49.4 Å².